The van der Waals surface area contributed by atoms with Crippen molar-refractivity contribution in [2.24, 2.45) is 0 Å². The number of carbonyl (C=O) groups excluding carboxylic acids is 2. The molecule has 1 aliphatic heterocycles. The molecule has 3 heterocycles. The zero-order chi connectivity index (χ0) is 29.3. The fraction of sp³-hybridized carbons (Fsp3) is 0.344. The molecule has 2 aromatic carbocycles. The number of thioether (sulfide) groups is 1. The summed E-state index contributed by atoms with van der Waals surface area (Å²) in [5.41, 5.74) is 5.43. The summed E-state index contributed by atoms with van der Waals surface area (Å²) in [5.74, 6) is 1.75. The van der Waals surface area contributed by atoms with E-state index in [1.807, 2.05) is 41.1 Å². The van der Waals surface area contributed by atoms with Crippen molar-refractivity contribution in [3.8, 4) is 11.4 Å². The third-order valence-electron chi connectivity index (χ3n) is 7.37. The molecule has 0 saturated carbocycles. The maximum Gasteiger partial charge on any atom is 0.240 e. The highest BCUT2D eigenvalue weighted by Crippen LogP contribution is 2.50. The van der Waals surface area contributed by atoms with Crippen LogP contribution >= 0.6 is 11.8 Å². The molecule has 9 heteroatoms. The van der Waals surface area contributed by atoms with E-state index in [2.05, 4.69) is 46.0 Å². The average Bonchev–Trinajstić information content (AvgIpc) is 3.58. The average molecular weight is 573 g/mol. The Morgan fingerprint density at radius 3 is 2.61 bits per heavy atom. The summed E-state index contributed by atoms with van der Waals surface area (Å²) in [4.78, 5) is 28.8. The van der Waals surface area contributed by atoms with Gasteiger partial charge in [-0.3, -0.25) is 14.5 Å². The number of rotatable bonds is 7. The minimum atomic E-state index is -0.353. The van der Waals surface area contributed by atoms with E-state index in [4.69, 9.17) is 14.3 Å². The first-order valence-electron chi connectivity index (χ1n) is 13.6. The molecule has 2 amide bonds. The van der Waals surface area contributed by atoms with Gasteiger partial charge < -0.3 is 14.5 Å². The highest BCUT2D eigenvalue weighted by atomic mass is 32.2. The molecule has 8 nitrogen and oxygen atoms in total. The first-order valence-corrected chi connectivity index (χ1v) is 14.7. The summed E-state index contributed by atoms with van der Waals surface area (Å²) in [7, 11) is 1.66. The fourth-order valence-electron chi connectivity index (χ4n) is 5.13. The van der Waals surface area contributed by atoms with E-state index in [0.29, 0.717) is 11.6 Å². The van der Waals surface area contributed by atoms with E-state index in [1.165, 1.54) is 11.8 Å². The molecule has 5 rings (SSSR count). The number of nitrogens with one attached hydrogen (secondary N) is 1. The summed E-state index contributed by atoms with van der Waals surface area (Å²) in [6.07, 6.45) is 1.57. The fourth-order valence-corrected chi connectivity index (χ4v) is 6.36. The van der Waals surface area contributed by atoms with E-state index in [0.717, 1.165) is 39.4 Å². The van der Waals surface area contributed by atoms with Crippen LogP contribution in [0.4, 0.5) is 5.82 Å². The van der Waals surface area contributed by atoms with Crippen molar-refractivity contribution < 1.29 is 18.7 Å². The SMILES string of the molecule is COc1ccccc1[C@@H]1SCC(=O)N(CC(=O)NCc2ccco2)c2c1c(C(C)(C)C)nn2-c1cccc(C)c1C. The van der Waals surface area contributed by atoms with E-state index in [9.17, 15) is 9.59 Å². The number of nitrogens with zero attached hydrogens (tertiary/aromatic N) is 3. The van der Waals surface area contributed by atoms with E-state index >= 15 is 0 Å². The second kappa shape index (κ2) is 11.5. The minimum absolute atomic E-state index is 0.147. The molecule has 0 spiro atoms. The van der Waals surface area contributed by atoms with Crippen LogP contribution in [0.3, 0.4) is 0 Å². The van der Waals surface area contributed by atoms with Gasteiger partial charge in [0.05, 0.1) is 42.3 Å². The number of aromatic nitrogens is 2. The number of carbonyl (C=O) groups is 2. The predicted molar refractivity (Wildman–Crippen MR) is 162 cm³/mol. The molecular formula is C32H36N4O4S. The molecule has 4 aromatic rings. The summed E-state index contributed by atoms with van der Waals surface area (Å²) in [5, 5.41) is 7.87. The van der Waals surface area contributed by atoms with Crippen molar-refractivity contribution in [2.45, 2.75) is 51.8 Å². The quantitative estimate of drug-likeness (QED) is 0.298. The third-order valence-corrected chi connectivity index (χ3v) is 8.60. The second-order valence-corrected chi connectivity index (χ2v) is 12.3. The van der Waals surface area contributed by atoms with Crippen molar-refractivity contribution in [3.63, 3.8) is 0 Å². The molecule has 0 fully saturated rings. The van der Waals surface area contributed by atoms with Crippen molar-refractivity contribution in [1.29, 1.82) is 0 Å². The van der Waals surface area contributed by atoms with E-state index < -0.39 is 0 Å². The summed E-state index contributed by atoms with van der Waals surface area (Å²) in [6, 6.07) is 17.5. The van der Waals surface area contributed by atoms with Crippen LogP contribution in [0, 0.1) is 13.8 Å². The van der Waals surface area contributed by atoms with Crippen LogP contribution in [0.2, 0.25) is 0 Å². The Hall–Kier alpha value is -3.98. The van der Waals surface area contributed by atoms with Crippen LogP contribution < -0.4 is 15.0 Å². The lowest BCUT2D eigenvalue weighted by Crippen LogP contribution is -2.42. The van der Waals surface area contributed by atoms with Crippen molar-refractivity contribution in [1.82, 2.24) is 15.1 Å². The Bertz CT molecular complexity index is 1570. The van der Waals surface area contributed by atoms with Gasteiger partial charge in [-0.25, -0.2) is 4.68 Å². The summed E-state index contributed by atoms with van der Waals surface area (Å²) in [6.45, 7) is 10.6. The molecule has 41 heavy (non-hydrogen) atoms. The van der Waals surface area contributed by atoms with Crippen LogP contribution in [0.25, 0.3) is 5.69 Å². The number of amides is 2. The Morgan fingerprint density at radius 1 is 1.12 bits per heavy atom. The van der Waals surface area contributed by atoms with Gasteiger partial charge in [0, 0.05) is 16.5 Å². The van der Waals surface area contributed by atoms with Crippen molar-refractivity contribution in [2.75, 3.05) is 24.3 Å². The lowest BCUT2D eigenvalue weighted by atomic mass is 9.87. The number of anilines is 1. The van der Waals surface area contributed by atoms with Gasteiger partial charge in [-0.15, -0.1) is 11.8 Å². The third kappa shape index (κ3) is 5.63. The van der Waals surface area contributed by atoms with Crippen LogP contribution in [-0.4, -0.2) is 41.0 Å². The zero-order valence-corrected chi connectivity index (χ0v) is 25.2. The molecule has 1 N–H and O–H groups in total. The molecule has 2 aromatic heterocycles. The Labute approximate surface area is 245 Å². The van der Waals surface area contributed by atoms with Gasteiger partial charge in [0.15, 0.2) is 0 Å². The second-order valence-electron chi connectivity index (χ2n) is 11.2. The smallest absolute Gasteiger partial charge is 0.240 e. The van der Waals surface area contributed by atoms with E-state index in [1.54, 1.807) is 30.4 Å². The number of methoxy groups -OCH3 is 1. The van der Waals surface area contributed by atoms with Gasteiger partial charge in [0.25, 0.3) is 0 Å². The molecule has 0 aliphatic carbocycles. The van der Waals surface area contributed by atoms with Gasteiger partial charge in [0.1, 0.15) is 23.9 Å². The van der Waals surface area contributed by atoms with Gasteiger partial charge in [-0.1, -0.05) is 51.1 Å². The first-order chi connectivity index (χ1) is 19.6. The maximum absolute atomic E-state index is 13.9. The number of para-hydroxylation sites is 1. The molecule has 0 radical (unpaired) electrons. The number of furan rings is 1. The molecular weight excluding hydrogens is 536 g/mol. The predicted octanol–water partition coefficient (Wildman–Crippen LogP) is 5.87. The number of ether oxygens (including phenoxy) is 1. The highest BCUT2D eigenvalue weighted by Gasteiger charge is 2.40. The summed E-state index contributed by atoms with van der Waals surface area (Å²) < 4.78 is 13.0. The minimum Gasteiger partial charge on any atom is -0.496 e. The van der Waals surface area contributed by atoms with E-state index in [-0.39, 0.29) is 41.3 Å². The normalized spacial score (nSPS) is 15.4. The molecule has 1 aliphatic rings. The number of hydrogen-bond donors (Lipinski definition) is 1. The van der Waals surface area contributed by atoms with Crippen LogP contribution in [0.1, 0.15) is 59.7 Å². The zero-order valence-electron chi connectivity index (χ0n) is 24.4. The number of aryl methyl sites for hydroxylation is 1. The lowest BCUT2D eigenvalue weighted by molar-refractivity contribution is -0.123. The van der Waals surface area contributed by atoms with Gasteiger partial charge in [0.2, 0.25) is 11.8 Å². The molecule has 0 unspecified atom stereocenters. The van der Waals surface area contributed by atoms with Crippen LogP contribution in [-0.2, 0) is 21.5 Å². The van der Waals surface area contributed by atoms with Gasteiger partial charge in [-0.2, -0.15) is 5.10 Å². The molecule has 0 bridgehead atoms. The molecule has 0 saturated heterocycles. The van der Waals surface area contributed by atoms with Crippen molar-refractivity contribution in [3.05, 3.63) is 94.6 Å². The highest BCUT2D eigenvalue weighted by molar-refractivity contribution is 8.00. The van der Waals surface area contributed by atoms with Crippen LogP contribution in [0.15, 0.2) is 65.3 Å². The number of fused-ring (bicyclic) bond motifs is 1. The largest absolute Gasteiger partial charge is 0.496 e. The number of benzene rings is 2. The molecule has 1 atom stereocenters. The maximum atomic E-state index is 13.9. The standard InChI is InChI=1S/C32H36N4O4S/c1-20-11-9-14-24(21(20)2)36-31-28(30(34-36)32(3,4)5)29(23-13-7-8-15-25(23)39-6)41-19-27(38)35(31)18-26(37)33-17-22-12-10-16-40-22/h7-16,29H,17-19H2,1-6H3,(H,33,37)/t29-/m0/s1. The lowest BCUT2D eigenvalue weighted by Gasteiger charge is -2.25. The summed E-state index contributed by atoms with van der Waals surface area (Å²) >= 11 is 1.53. The Balaban J connectivity index is 1.73. The number of hydrogen-bond acceptors (Lipinski definition) is 6. The van der Waals surface area contributed by atoms with Gasteiger partial charge >= 0.3 is 0 Å². The first kappa shape index (κ1) is 28.5. The monoisotopic (exact) mass is 572 g/mol. The Kier molecular flexibility index (Phi) is 8.00. The molecule has 214 valence electrons. The van der Waals surface area contributed by atoms with Crippen molar-refractivity contribution >= 4 is 29.4 Å². The van der Waals surface area contributed by atoms with Crippen LogP contribution in [0.5, 0.6) is 5.75 Å². The van der Waals surface area contributed by atoms with Gasteiger partial charge in [-0.05, 0) is 49.2 Å². The topological polar surface area (TPSA) is 89.6 Å². The Morgan fingerprint density at radius 2 is 1.90 bits per heavy atom.